The van der Waals surface area contributed by atoms with Crippen molar-refractivity contribution in [3.63, 3.8) is 0 Å². The van der Waals surface area contributed by atoms with Crippen molar-refractivity contribution in [3.05, 3.63) is 67.8 Å². The summed E-state index contributed by atoms with van der Waals surface area (Å²) in [7, 11) is 0. The zero-order chi connectivity index (χ0) is 68.0. The molecule has 0 aliphatic heterocycles. The number of allylic oxidation sites excluding steroid dienone is 6. The highest BCUT2D eigenvalue weighted by atomic mass is 14.4. The summed E-state index contributed by atoms with van der Waals surface area (Å²) in [5, 5.41) is 0. The highest BCUT2D eigenvalue weighted by Gasteiger charge is 2.33. The average Bonchev–Trinajstić information content (AvgIpc) is 3.22. The van der Waals surface area contributed by atoms with Crippen molar-refractivity contribution in [1.82, 2.24) is 0 Å². The Morgan fingerprint density at radius 3 is 0.854 bits per heavy atom. The molecule has 0 heteroatoms. The maximum Gasteiger partial charge on any atom is -0.0262 e. The quantitative estimate of drug-likeness (QED) is 0.183. The molecule has 4 aliphatic carbocycles. The van der Waals surface area contributed by atoms with Crippen LogP contribution in [0.4, 0.5) is 0 Å². The molecule has 1 aromatic rings. The molecule has 1 aromatic carbocycles. The summed E-state index contributed by atoms with van der Waals surface area (Å²) in [6.07, 6.45) is 23.9. The van der Waals surface area contributed by atoms with Crippen LogP contribution in [0.25, 0.3) is 0 Å². The fourth-order valence-electron chi connectivity index (χ4n) is 13.0. The first-order chi connectivity index (χ1) is 39.7. The normalized spacial score (nSPS) is 28.9. The number of aryl methyl sites for hydroxylation is 2. The van der Waals surface area contributed by atoms with Gasteiger partial charge in [-0.1, -0.05) is 288 Å². The standard InChI is InChI=1S/C11H22.C11H16.2C10H20.C10H18.C9H20.C9H18.C8H18.C8H16.3CH4/c2*1-7-6-8(2)10(4)11(5)9(7)3;3*1-7-5-9(3)10(4)6-8(7)2;2*1-5-8(3)7-9(4)6-2;2*1-5-7(3)8(4)6-2;;;/h7-11H,6H2,1-5H3;6H,1-5H3;2*7-10H,5-6H2,1-4H3;7-8H,5-6H2,1-4H3;8-9H,5-7H2,1-4H3;7-8H,5-6H2,1-4H3;7-8H,5-6H2,1-4H3;5-6H2,1-4H3;3*1H4/b;;;;;;9-7-;;8-7-;;;. The van der Waals surface area contributed by atoms with Crippen LogP contribution in [-0.2, 0) is 0 Å². The van der Waals surface area contributed by atoms with E-state index in [9.17, 15) is 0 Å². The van der Waals surface area contributed by atoms with Crippen LogP contribution in [0.1, 0.15) is 381 Å². The molecule has 4 aliphatic rings. The first kappa shape index (κ1) is 101. The second kappa shape index (κ2) is 55.7. The Morgan fingerprint density at radius 2 is 0.629 bits per heavy atom. The molecule has 19 atom stereocenters. The monoisotopic (exact) mass is 1250 g/mol. The van der Waals surface area contributed by atoms with Crippen molar-refractivity contribution < 1.29 is 0 Å². The Morgan fingerprint density at radius 1 is 0.360 bits per heavy atom. The Kier molecular flexibility index (Phi) is 63.2. The molecule has 0 heterocycles. The second-order valence-corrected chi connectivity index (χ2v) is 31.9. The van der Waals surface area contributed by atoms with Gasteiger partial charge in [0, 0.05) is 0 Å². The molecule has 0 nitrogen and oxygen atoms in total. The van der Waals surface area contributed by atoms with Crippen molar-refractivity contribution in [2.75, 3.05) is 0 Å². The minimum absolute atomic E-state index is 0. The molecule has 0 radical (unpaired) electrons. The Balaban J connectivity index is -0.000000170. The molecule has 0 saturated heterocycles. The third-order valence-electron chi connectivity index (χ3n) is 24.8. The summed E-state index contributed by atoms with van der Waals surface area (Å²) in [5.74, 6) is 18.7. The molecule has 89 heavy (non-hydrogen) atoms. The summed E-state index contributed by atoms with van der Waals surface area (Å²) < 4.78 is 0. The van der Waals surface area contributed by atoms with E-state index in [0.717, 1.165) is 118 Å². The summed E-state index contributed by atoms with van der Waals surface area (Å²) in [5.41, 5.74) is 15.0. The molecule has 536 valence electrons. The van der Waals surface area contributed by atoms with Crippen LogP contribution < -0.4 is 0 Å². The summed E-state index contributed by atoms with van der Waals surface area (Å²) in [6, 6.07) is 2.26. The third-order valence-corrected chi connectivity index (χ3v) is 24.8. The molecule has 0 amide bonds. The molecule has 3 saturated carbocycles. The molecular formula is C89H180. The fraction of sp³-hybridized carbons (Fsp3) is 0.865. The number of hydrogen-bond donors (Lipinski definition) is 0. The highest BCUT2D eigenvalue weighted by Crippen LogP contribution is 2.42. The van der Waals surface area contributed by atoms with E-state index < -0.39 is 0 Å². The molecule has 19 unspecified atom stereocenters. The van der Waals surface area contributed by atoms with Crippen LogP contribution in [-0.4, -0.2) is 0 Å². The maximum atomic E-state index is 2.42. The smallest absolute Gasteiger partial charge is 0.0262 e. The van der Waals surface area contributed by atoms with E-state index in [0.29, 0.717) is 0 Å². The minimum Gasteiger partial charge on any atom is -0.0828 e. The van der Waals surface area contributed by atoms with Gasteiger partial charge in [-0.3, -0.25) is 0 Å². The van der Waals surface area contributed by atoms with Gasteiger partial charge in [0.25, 0.3) is 0 Å². The molecule has 5 rings (SSSR count). The zero-order valence-electron chi connectivity index (χ0n) is 67.0. The number of hydrogen-bond acceptors (Lipinski definition) is 0. The van der Waals surface area contributed by atoms with E-state index in [-0.39, 0.29) is 22.3 Å². The van der Waals surface area contributed by atoms with Crippen LogP contribution in [0.2, 0.25) is 0 Å². The Bertz CT molecular complexity index is 1730. The van der Waals surface area contributed by atoms with Gasteiger partial charge in [-0.15, -0.1) is 0 Å². The molecule has 3 fully saturated rings. The average molecular weight is 1250 g/mol. The van der Waals surface area contributed by atoms with Gasteiger partial charge in [0.05, 0.1) is 0 Å². The van der Waals surface area contributed by atoms with Gasteiger partial charge in [0.2, 0.25) is 0 Å². The second-order valence-electron chi connectivity index (χ2n) is 31.9. The molecular weight excluding hydrogens is 1070 g/mol. The number of benzene rings is 1. The first-order valence-corrected chi connectivity index (χ1v) is 37.8. The lowest BCUT2D eigenvalue weighted by Gasteiger charge is -2.41. The van der Waals surface area contributed by atoms with Crippen LogP contribution >= 0.6 is 0 Å². The summed E-state index contributed by atoms with van der Waals surface area (Å²) >= 11 is 0. The first-order valence-electron chi connectivity index (χ1n) is 37.8. The Labute approximate surface area is 571 Å². The predicted octanol–water partition coefficient (Wildman–Crippen LogP) is 31.8. The van der Waals surface area contributed by atoms with Gasteiger partial charge >= 0.3 is 0 Å². The van der Waals surface area contributed by atoms with Crippen LogP contribution in [0.15, 0.2) is 40.0 Å². The zero-order valence-corrected chi connectivity index (χ0v) is 67.0. The van der Waals surface area contributed by atoms with E-state index in [2.05, 4.69) is 275 Å². The molecule has 0 bridgehead atoms. The van der Waals surface area contributed by atoms with Gasteiger partial charge < -0.3 is 0 Å². The molecule has 0 spiro atoms. The topological polar surface area (TPSA) is 0 Å². The van der Waals surface area contributed by atoms with E-state index in [4.69, 9.17) is 0 Å². The van der Waals surface area contributed by atoms with Crippen molar-refractivity contribution in [2.45, 2.75) is 388 Å². The van der Waals surface area contributed by atoms with Crippen LogP contribution in [0.3, 0.4) is 0 Å². The maximum absolute atomic E-state index is 2.42. The van der Waals surface area contributed by atoms with Gasteiger partial charge in [-0.25, -0.2) is 0 Å². The van der Waals surface area contributed by atoms with E-state index in [1.165, 1.54) is 136 Å². The SMILES string of the molecule is C.C.C.CC/C(C)=C(/C)CC.CC/C(C)=C\C(C)CC.CC1=C(C)CC(C)C(C)C1.CC1CC(C)C(C)C(C)C1C.CC1CC(C)C(C)CC1C.CC1CC(C)C(C)CC1C.CCC(C)C(C)CC.CCC(C)CC(C)CC.Cc1cc(C)c(C)c(C)c1C. The lowest BCUT2D eigenvalue weighted by molar-refractivity contribution is 0.0855. The van der Waals surface area contributed by atoms with Crippen molar-refractivity contribution in [2.24, 2.45) is 118 Å². The summed E-state index contributed by atoms with van der Waals surface area (Å²) in [4.78, 5) is 0. The van der Waals surface area contributed by atoms with Crippen molar-refractivity contribution in [3.8, 4) is 0 Å². The third kappa shape index (κ3) is 43.9. The molecule has 0 aromatic heterocycles. The van der Waals surface area contributed by atoms with E-state index >= 15 is 0 Å². The largest absolute Gasteiger partial charge is 0.0828 e. The lowest BCUT2D eigenvalue weighted by Crippen LogP contribution is -2.33. The van der Waals surface area contributed by atoms with Gasteiger partial charge in [0.15, 0.2) is 0 Å². The van der Waals surface area contributed by atoms with Crippen molar-refractivity contribution in [1.29, 1.82) is 0 Å². The van der Waals surface area contributed by atoms with E-state index in [1.54, 1.807) is 22.3 Å². The predicted molar refractivity (Wildman–Crippen MR) is 423 cm³/mol. The highest BCUT2D eigenvalue weighted by molar-refractivity contribution is 5.42. The van der Waals surface area contributed by atoms with Gasteiger partial charge in [0.1, 0.15) is 0 Å². The van der Waals surface area contributed by atoms with Gasteiger partial charge in [-0.2, -0.15) is 0 Å². The minimum atomic E-state index is 0. The summed E-state index contributed by atoms with van der Waals surface area (Å²) in [6.45, 7) is 87.5. The van der Waals surface area contributed by atoms with Crippen molar-refractivity contribution >= 4 is 0 Å². The van der Waals surface area contributed by atoms with Gasteiger partial charge in [-0.05, 0) is 286 Å². The van der Waals surface area contributed by atoms with Crippen LogP contribution in [0, 0.1) is 153 Å². The fourth-order valence-corrected chi connectivity index (χ4v) is 13.0. The Hall–Kier alpha value is -1.56. The van der Waals surface area contributed by atoms with Crippen LogP contribution in [0.5, 0.6) is 0 Å². The molecule has 0 N–H and O–H groups in total. The number of rotatable bonds is 12. The van der Waals surface area contributed by atoms with E-state index in [1.807, 2.05) is 0 Å². The lowest BCUT2D eigenvalue weighted by atomic mass is 9.65.